The standard InChI is InChI=1S/C7H13BNO2/c1-11-8-9-6-2-4-7(10)5-3-6/h6,9H,2-5H2,1H3. The van der Waals surface area contributed by atoms with E-state index in [2.05, 4.69) is 5.23 Å². The maximum absolute atomic E-state index is 10.8. The number of carbonyl (C=O) groups is 1. The zero-order valence-corrected chi connectivity index (χ0v) is 6.80. The first kappa shape index (κ1) is 8.75. The maximum atomic E-state index is 10.8. The van der Waals surface area contributed by atoms with Gasteiger partial charge in [-0.3, -0.25) is 4.79 Å². The van der Waals surface area contributed by atoms with Crippen LogP contribution >= 0.6 is 0 Å². The average Bonchev–Trinajstić information content (AvgIpc) is 2.04. The van der Waals surface area contributed by atoms with E-state index in [9.17, 15) is 4.79 Å². The molecule has 11 heavy (non-hydrogen) atoms. The predicted molar refractivity (Wildman–Crippen MR) is 43.2 cm³/mol. The van der Waals surface area contributed by atoms with E-state index in [1.807, 2.05) is 0 Å². The van der Waals surface area contributed by atoms with Crippen molar-refractivity contribution in [2.45, 2.75) is 31.7 Å². The highest BCUT2D eigenvalue weighted by Crippen LogP contribution is 2.13. The van der Waals surface area contributed by atoms with Crippen molar-refractivity contribution in [3.63, 3.8) is 0 Å². The Balaban J connectivity index is 2.12. The summed E-state index contributed by atoms with van der Waals surface area (Å²) in [7, 11) is 3.20. The molecule has 0 unspecified atom stereocenters. The van der Waals surface area contributed by atoms with Crippen LogP contribution in [0.4, 0.5) is 0 Å². The van der Waals surface area contributed by atoms with Crippen LogP contribution in [0.5, 0.6) is 0 Å². The van der Waals surface area contributed by atoms with Crippen LogP contribution in [0.25, 0.3) is 0 Å². The van der Waals surface area contributed by atoms with Gasteiger partial charge >= 0.3 is 7.62 Å². The van der Waals surface area contributed by atoms with Gasteiger partial charge in [0.1, 0.15) is 5.78 Å². The lowest BCUT2D eigenvalue weighted by Gasteiger charge is -2.20. The van der Waals surface area contributed by atoms with Crippen LogP contribution in [0.2, 0.25) is 0 Å². The smallest absolute Gasteiger partial charge is 0.395 e. The van der Waals surface area contributed by atoms with Crippen molar-refractivity contribution in [3.8, 4) is 0 Å². The van der Waals surface area contributed by atoms with Crippen LogP contribution in [-0.2, 0) is 9.45 Å². The molecule has 1 saturated carbocycles. The molecule has 0 spiro atoms. The molecule has 0 aromatic heterocycles. The van der Waals surface area contributed by atoms with Gasteiger partial charge in [-0.25, -0.2) is 0 Å². The SMILES string of the molecule is CO[B]NC1CCC(=O)CC1. The normalized spacial score (nSPS) is 20.3. The second kappa shape index (κ2) is 4.52. The quantitative estimate of drug-likeness (QED) is 0.593. The van der Waals surface area contributed by atoms with Gasteiger partial charge in [0.15, 0.2) is 0 Å². The summed E-state index contributed by atoms with van der Waals surface area (Å²) in [6, 6.07) is 0.438. The second-order valence-corrected chi connectivity index (χ2v) is 2.83. The molecule has 0 atom stereocenters. The Hall–Kier alpha value is -0.345. The molecule has 1 aliphatic carbocycles. The molecule has 61 valence electrons. The van der Waals surface area contributed by atoms with E-state index in [0.29, 0.717) is 11.8 Å². The Kier molecular flexibility index (Phi) is 3.59. The number of carbonyl (C=O) groups excluding carboxylic acids is 1. The summed E-state index contributed by atoms with van der Waals surface area (Å²) in [4.78, 5) is 10.8. The molecular weight excluding hydrogens is 141 g/mol. The second-order valence-electron chi connectivity index (χ2n) is 2.83. The van der Waals surface area contributed by atoms with Gasteiger partial charge in [-0.05, 0) is 18.9 Å². The maximum Gasteiger partial charge on any atom is 0.395 e. The Labute approximate surface area is 67.8 Å². The summed E-state index contributed by atoms with van der Waals surface area (Å²) in [6.07, 6.45) is 3.32. The minimum absolute atomic E-state index is 0.389. The minimum Gasteiger partial charge on any atom is -0.427 e. The average molecular weight is 154 g/mol. The number of hydrogen-bond donors (Lipinski definition) is 1. The van der Waals surface area contributed by atoms with Crippen LogP contribution in [0.1, 0.15) is 25.7 Å². The van der Waals surface area contributed by atoms with Crippen molar-refractivity contribution in [1.82, 2.24) is 5.23 Å². The molecule has 0 aromatic rings. The molecule has 1 radical (unpaired) electrons. The number of hydrogen-bond acceptors (Lipinski definition) is 3. The van der Waals surface area contributed by atoms with Gasteiger partial charge < -0.3 is 9.88 Å². The Morgan fingerprint density at radius 3 is 2.73 bits per heavy atom. The molecule has 1 aliphatic rings. The van der Waals surface area contributed by atoms with Gasteiger partial charge in [0.2, 0.25) is 0 Å². The van der Waals surface area contributed by atoms with Gasteiger partial charge in [-0.1, -0.05) is 0 Å². The van der Waals surface area contributed by atoms with Gasteiger partial charge in [-0.15, -0.1) is 0 Å². The van der Waals surface area contributed by atoms with Crippen molar-refractivity contribution < 1.29 is 9.45 Å². The molecular formula is C7H13BNO2. The van der Waals surface area contributed by atoms with Crippen LogP contribution in [0.3, 0.4) is 0 Å². The van der Waals surface area contributed by atoms with E-state index in [-0.39, 0.29) is 0 Å². The summed E-state index contributed by atoms with van der Waals surface area (Å²) in [5.41, 5.74) is 0. The van der Waals surface area contributed by atoms with Gasteiger partial charge in [0.05, 0.1) is 0 Å². The van der Waals surface area contributed by atoms with Crippen LogP contribution < -0.4 is 5.23 Å². The molecule has 1 fully saturated rings. The van der Waals surface area contributed by atoms with E-state index < -0.39 is 0 Å². The third kappa shape index (κ3) is 3.03. The van der Waals surface area contributed by atoms with E-state index in [1.54, 1.807) is 14.7 Å². The molecule has 0 heterocycles. The largest absolute Gasteiger partial charge is 0.427 e. The van der Waals surface area contributed by atoms with Crippen LogP contribution in [0.15, 0.2) is 0 Å². The summed E-state index contributed by atoms with van der Waals surface area (Å²) < 4.78 is 4.75. The first-order valence-corrected chi connectivity index (χ1v) is 3.95. The van der Waals surface area contributed by atoms with Crippen molar-refractivity contribution in [3.05, 3.63) is 0 Å². The van der Waals surface area contributed by atoms with Gasteiger partial charge in [0, 0.05) is 20.0 Å². The van der Waals surface area contributed by atoms with Crippen LogP contribution in [-0.4, -0.2) is 26.6 Å². The van der Waals surface area contributed by atoms with E-state index in [0.717, 1.165) is 25.7 Å². The van der Waals surface area contributed by atoms with Crippen molar-refractivity contribution in [2.75, 3.05) is 7.11 Å². The molecule has 4 heteroatoms. The fraction of sp³-hybridized carbons (Fsp3) is 0.857. The Bertz CT molecular complexity index is 130. The zero-order valence-electron chi connectivity index (χ0n) is 6.80. The number of ketones is 1. The highest BCUT2D eigenvalue weighted by atomic mass is 16.4. The monoisotopic (exact) mass is 154 g/mol. The van der Waals surface area contributed by atoms with Crippen molar-refractivity contribution in [1.29, 1.82) is 0 Å². The fourth-order valence-electron chi connectivity index (χ4n) is 1.27. The summed E-state index contributed by atoms with van der Waals surface area (Å²) in [5, 5.41) is 3.09. The third-order valence-corrected chi connectivity index (χ3v) is 1.96. The Morgan fingerprint density at radius 1 is 1.55 bits per heavy atom. The number of nitrogens with one attached hydrogen (secondary N) is 1. The number of rotatable bonds is 3. The van der Waals surface area contributed by atoms with Gasteiger partial charge in [0.25, 0.3) is 0 Å². The predicted octanol–water partition coefficient (Wildman–Crippen LogP) is 0.268. The molecule has 0 aliphatic heterocycles. The summed E-state index contributed by atoms with van der Waals surface area (Å²) in [5.74, 6) is 0.389. The first-order valence-electron chi connectivity index (χ1n) is 3.95. The third-order valence-electron chi connectivity index (χ3n) is 1.96. The van der Waals surface area contributed by atoms with Crippen LogP contribution in [0, 0.1) is 0 Å². The fourth-order valence-corrected chi connectivity index (χ4v) is 1.27. The minimum atomic E-state index is 0.389. The molecule has 0 aromatic carbocycles. The molecule has 1 N–H and O–H groups in total. The molecule has 0 saturated heterocycles. The topological polar surface area (TPSA) is 38.3 Å². The summed E-state index contributed by atoms with van der Waals surface area (Å²) >= 11 is 0. The lowest BCUT2D eigenvalue weighted by molar-refractivity contribution is -0.120. The van der Waals surface area contributed by atoms with E-state index in [1.165, 1.54) is 0 Å². The Morgan fingerprint density at radius 2 is 2.18 bits per heavy atom. The summed E-state index contributed by atoms with van der Waals surface area (Å²) in [6.45, 7) is 0. The lowest BCUT2D eigenvalue weighted by atomic mass is 9.93. The molecule has 3 nitrogen and oxygen atoms in total. The number of Topliss-reactive ketones (excluding diaryl/α,β-unsaturated/α-hetero) is 1. The van der Waals surface area contributed by atoms with E-state index in [4.69, 9.17) is 4.65 Å². The molecule has 0 amide bonds. The highest BCUT2D eigenvalue weighted by molar-refractivity contribution is 6.23. The highest BCUT2D eigenvalue weighted by Gasteiger charge is 2.17. The first-order chi connectivity index (χ1) is 5.33. The zero-order chi connectivity index (χ0) is 8.10. The lowest BCUT2D eigenvalue weighted by Crippen LogP contribution is -2.36. The molecule has 0 bridgehead atoms. The van der Waals surface area contributed by atoms with Crippen molar-refractivity contribution in [2.24, 2.45) is 0 Å². The molecule has 1 rings (SSSR count). The van der Waals surface area contributed by atoms with E-state index >= 15 is 0 Å². The van der Waals surface area contributed by atoms with Gasteiger partial charge in [-0.2, -0.15) is 0 Å². The van der Waals surface area contributed by atoms with Crippen molar-refractivity contribution >= 4 is 13.4 Å².